The lowest BCUT2D eigenvalue weighted by Gasteiger charge is -2.40. The molecule has 3 nitrogen and oxygen atoms in total. The third-order valence-corrected chi connectivity index (χ3v) is 1.91. The van der Waals surface area contributed by atoms with E-state index in [1.165, 1.54) is 0 Å². The molecule has 0 aromatic carbocycles. The van der Waals surface area contributed by atoms with Gasteiger partial charge in [-0.2, -0.15) is 0 Å². The van der Waals surface area contributed by atoms with Gasteiger partial charge in [-0.3, -0.25) is 0 Å². The van der Waals surface area contributed by atoms with Crippen molar-refractivity contribution in [2.45, 2.75) is 25.6 Å². The zero-order valence-electron chi connectivity index (χ0n) is 7.63. The summed E-state index contributed by atoms with van der Waals surface area (Å²) in [5.41, 5.74) is 5.50. The Kier molecular flexibility index (Phi) is 2.52. The van der Waals surface area contributed by atoms with Gasteiger partial charge < -0.3 is 15.4 Å². The summed E-state index contributed by atoms with van der Waals surface area (Å²) in [6, 6.07) is 0. The minimum absolute atomic E-state index is 0.0307. The van der Waals surface area contributed by atoms with Crippen LogP contribution in [0.5, 0.6) is 0 Å². The second-order valence-corrected chi connectivity index (χ2v) is 3.93. The molecule has 66 valence electrons. The summed E-state index contributed by atoms with van der Waals surface area (Å²) in [5.74, 6) is 0. The van der Waals surface area contributed by atoms with Crippen LogP contribution in [0, 0.1) is 0 Å². The Morgan fingerprint density at radius 2 is 2.27 bits per heavy atom. The van der Waals surface area contributed by atoms with Gasteiger partial charge >= 0.3 is 0 Å². The molecule has 1 aliphatic rings. The predicted octanol–water partition coefficient (Wildman–Crippen LogP) is 0.0543. The molecule has 0 aromatic rings. The second-order valence-electron chi connectivity index (χ2n) is 3.93. The van der Waals surface area contributed by atoms with E-state index in [-0.39, 0.29) is 11.7 Å². The first-order chi connectivity index (χ1) is 5.03. The van der Waals surface area contributed by atoms with Gasteiger partial charge in [-0.1, -0.05) is 0 Å². The molecule has 11 heavy (non-hydrogen) atoms. The van der Waals surface area contributed by atoms with Gasteiger partial charge in [-0.25, -0.2) is 0 Å². The smallest absolute Gasteiger partial charge is 0.0831 e. The molecule has 0 amide bonds. The third-order valence-electron chi connectivity index (χ3n) is 1.91. The molecule has 1 fully saturated rings. The molecule has 1 saturated heterocycles. The minimum Gasteiger partial charge on any atom is -0.368 e. The Morgan fingerprint density at radius 1 is 1.64 bits per heavy atom. The highest BCUT2D eigenvalue weighted by molar-refractivity contribution is 4.82. The standard InChI is InChI=1S/C8H18N2O/c1-8(2)6-10(3)5-7(4-9)11-8/h7H,4-6,9H2,1-3H3. The highest BCUT2D eigenvalue weighted by Crippen LogP contribution is 2.18. The van der Waals surface area contributed by atoms with E-state index >= 15 is 0 Å². The highest BCUT2D eigenvalue weighted by atomic mass is 16.5. The van der Waals surface area contributed by atoms with Gasteiger partial charge in [0.1, 0.15) is 0 Å². The molecule has 1 aliphatic heterocycles. The fourth-order valence-electron chi connectivity index (χ4n) is 1.71. The first-order valence-corrected chi connectivity index (χ1v) is 4.10. The number of ether oxygens (including phenoxy) is 1. The number of likely N-dealkylation sites (N-methyl/N-ethyl adjacent to an activating group) is 1. The molecule has 1 atom stereocenters. The average Bonchev–Trinajstić information content (AvgIpc) is 1.83. The molecule has 0 saturated carbocycles. The van der Waals surface area contributed by atoms with Crippen molar-refractivity contribution in [3.63, 3.8) is 0 Å². The summed E-state index contributed by atoms with van der Waals surface area (Å²) in [6.45, 7) is 6.77. The number of nitrogens with two attached hydrogens (primary N) is 1. The number of rotatable bonds is 1. The van der Waals surface area contributed by atoms with E-state index in [9.17, 15) is 0 Å². The van der Waals surface area contributed by atoms with Crippen molar-refractivity contribution in [2.75, 3.05) is 26.7 Å². The van der Waals surface area contributed by atoms with Gasteiger partial charge in [0, 0.05) is 19.6 Å². The normalized spacial score (nSPS) is 32.2. The monoisotopic (exact) mass is 158 g/mol. The Balaban J connectivity index is 2.51. The molecule has 0 spiro atoms. The zero-order valence-corrected chi connectivity index (χ0v) is 7.63. The van der Waals surface area contributed by atoms with Crippen molar-refractivity contribution < 1.29 is 4.74 Å². The van der Waals surface area contributed by atoms with E-state index in [1.54, 1.807) is 0 Å². The molecule has 0 radical (unpaired) electrons. The molecule has 3 heteroatoms. The molecule has 0 bridgehead atoms. The Morgan fingerprint density at radius 3 is 2.73 bits per heavy atom. The molecule has 1 heterocycles. The van der Waals surface area contributed by atoms with Crippen molar-refractivity contribution in [1.29, 1.82) is 0 Å². The van der Waals surface area contributed by atoms with Crippen LogP contribution in [0.4, 0.5) is 0 Å². The molecule has 1 rings (SSSR count). The molecule has 1 unspecified atom stereocenters. The van der Waals surface area contributed by atoms with Crippen molar-refractivity contribution in [3.05, 3.63) is 0 Å². The van der Waals surface area contributed by atoms with Gasteiger partial charge in [0.25, 0.3) is 0 Å². The zero-order chi connectivity index (χ0) is 8.48. The maximum Gasteiger partial charge on any atom is 0.0831 e. The largest absolute Gasteiger partial charge is 0.368 e. The quantitative estimate of drug-likeness (QED) is 0.586. The Labute approximate surface area is 68.5 Å². The second kappa shape index (κ2) is 3.09. The fraction of sp³-hybridized carbons (Fsp3) is 1.00. The number of hydrogen-bond donors (Lipinski definition) is 1. The van der Waals surface area contributed by atoms with Crippen LogP contribution in [0.2, 0.25) is 0 Å². The number of nitrogens with zero attached hydrogens (tertiary/aromatic N) is 1. The minimum atomic E-state index is -0.0307. The predicted molar refractivity (Wildman–Crippen MR) is 45.5 cm³/mol. The van der Waals surface area contributed by atoms with Crippen molar-refractivity contribution in [3.8, 4) is 0 Å². The summed E-state index contributed by atoms with van der Waals surface area (Å²) < 4.78 is 5.73. The van der Waals surface area contributed by atoms with Crippen molar-refractivity contribution in [2.24, 2.45) is 5.73 Å². The van der Waals surface area contributed by atoms with E-state index in [1.807, 2.05) is 0 Å². The summed E-state index contributed by atoms with van der Waals surface area (Å²) in [4.78, 5) is 2.26. The molecule has 2 N–H and O–H groups in total. The lowest BCUT2D eigenvalue weighted by molar-refractivity contribution is -0.126. The number of morpholine rings is 1. The molecular weight excluding hydrogens is 140 g/mol. The molecule has 0 aliphatic carbocycles. The van der Waals surface area contributed by atoms with Gasteiger partial charge in [0.2, 0.25) is 0 Å². The van der Waals surface area contributed by atoms with Crippen LogP contribution in [0.25, 0.3) is 0 Å². The first-order valence-electron chi connectivity index (χ1n) is 4.10. The van der Waals surface area contributed by atoms with Crippen LogP contribution < -0.4 is 5.73 Å². The van der Waals surface area contributed by atoms with Gasteiger partial charge in [0.05, 0.1) is 11.7 Å². The average molecular weight is 158 g/mol. The van der Waals surface area contributed by atoms with E-state index < -0.39 is 0 Å². The van der Waals surface area contributed by atoms with E-state index in [0.29, 0.717) is 6.54 Å². The van der Waals surface area contributed by atoms with Crippen LogP contribution in [-0.4, -0.2) is 43.3 Å². The fourth-order valence-corrected chi connectivity index (χ4v) is 1.71. The summed E-state index contributed by atoms with van der Waals surface area (Å²) in [5, 5.41) is 0. The lowest BCUT2D eigenvalue weighted by atomic mass is 10.1. The summed E-state index contributed by atoms with van der Waals surface area (Å²) in [7, 11) is 2.10. The van der Waals surface area contributed by atoms with Gasteiger partial charge in [0.15, 0.2) is 0 Å². The van der Waals surface area contributed by atoms with E-state index in [0.717, 1.165) is 13.1 Å². The van der Waals surface area contributed by atoms with Crippen LogP contribution in [-0.2, 0) is 4.74 Å². The van der Waals surface area contributed by atoms with Crippen LogP contribution in [0.3, 0.4) is 0 Å². The van der Waals surface area contributed by atoms with E-state index in [4.69, 9.17) is 10.5 Å². The molecule has 0 aromatic heterocycles. The lowest BCUT2D eigenvalue weighted by Crippen LogP contribution is -2.53. The van der Waals surface area contributed by atoms with Crippen LogP contribution >= 0.6 is 0 Å². The van der Waals surface area contributed by atoms with Crippen molar-refractivity contribution >= 4 is 0 Å². The molecular formula is C8H18N2O. The maximum atomic E-state index is 5.73. The van der Waals surface area contributed by atoms with Crippen LogP contribution in [0.1, 0.15) is 13.8 Å². The third kappa shape index (κ3) is 2.43. The van der Waals surface area contributed by atoms with Crippen molar-refractivity contribution in [1.82, 2.24) is 4.90 Å². The van der Waals surface area contributed by atoms with Gasteiger partial charge in [-0.05, 0) is 20.9 Å². The summed E-state index contributed by atoms with van der Waals surface area (Å²) >= 11 is 0. The Bertz CT molecular complexity index is 136. The topological polar surface area (TPSA) is 38.5 Å². The van der Waals surface area contributed by atoms with Crippen LogP contribution in [0.15, 0.2) is 0 Å². The Hall–Kier alpha value is -0.120. The first kappa shape index (κ1) is 8.97. The van der Waals surface area contributed by atoms with E-state index in [2.05, 4.69) is 25.8 Å². The summed E-state index contributed by atoms with van der Waals surface area (Å²) in [6.07, 6.45) is 0.212. The SMILES string of the molecule is CN1CC(CN)OC(C)(C)C1. The maximum absolute atomic E-state index is 5.73. The van der Waals surface area contributed by atoms with Gasteiger partial charge in [-0.15, -0.1) is 0 Å². The number of hydrogen-bond acceptors (Lipinski definition) is 3. The highest BCUT2D eigenvalue weighted by Gasteiger charge is 2.30.